The van der Waals surface area contributed by atoms with Gasteiger partial charge in [-0.1, -0.05) is 0 Å². The molecule has 0 radical (unpaired) electrons. The summed E-state index contributed by atoms with van der Waals surface area (Å²) >= 11 is 0. The van der Waals surface area contributed by atoms with E-state index in [2.05, 4.69) is 9.72 Å². The fourth-order valence-electron chi connectivity index (χ4n) is 1.97. The number of nitrogens with zero attached hydrogens (tertiary/aromatic N) is 2. The fourth-order valence-corrected chi connectivity index (χ4v) is 1.97. The number of anilines is 1. The van der Waals surface area contributed by atoms with E-state index in [-0.39, 0.29) is 17.5 Å². The first kappa shape index (κ1) is 12.8. The summed E-state index contributed by atoms with van der Waals surface area (Å²) in [5.74, 6) is -0.939. The van der Waals surface area contributed by atoms with Crippen LogP contribution in [-0.4, -0.2) is 42.4 Å². The van der Waals surface area contributed by atoms with Crippen LogP contribution in [0.2, 0.25) is 0 Å². The summed E-state index contributed by atoms with van der Waals surface area (Å²) in [6.45, 7) is 1.12. The molecule has 5 nitrogen and oxygen atoms in total. The zero-order valence-electron chi connectivity index (χ0n) is 10.1. The second-order valence-corrected chi connectivity index (χ2v) is 4.24. The minimum absolute atomic E-state index is 0.0933. The molecule has 6 heteroatoms. The lowest BCUT2D eigenvalue weighted by Gasteiger charge is -2.30. The van der Waals surface area contributed by atoms with Gasteiger partial charge in [0.25, 0.3) is 0 Å². The fraction of sp³-hybridized carbons (Fsp3) is 0.500. The summed E-state index contributed by atoms with van der Waals surface area (Å²) in [5.41, 5.74) is 0.0933. The molecule has 0 amide bonds. The van der Waals surface area contributed by atoms with Crippen LogP contribution in [0.3, 0.4) is 0 Å². The maximum atomic E-state index is 13.9. The van der Waals surface area contributed by atoms with Gasteiger partial charge >= 0.3 is 5.97 Å². The van der Waals surface area contributed by atoms with Gasteiger partial charge in [0, 0.05) is 19.3 Å². The highest BCUT2D eigenvalue weighted by atomic mass is 19.1. The molecule has 1 aliphatic rings. The molecule has 0 saturated carbocycles. The van der Waals surface area contributed by atoms with Gasteiger partial charge in [0.1, 0.15) is 0 Å². The van der Waals surface area contributed by atoms with E-state index in [1.165, 1.54) is 13.3 Å². The molecule has 0 bridgehead atoms. The maximum absolute atomic E-state index is 13.9. The van der Waals surface area contributed by atoms with Crippen LogP contribution >= 0.6 is 0 Å². The van der Waals surface area contributed by atoms with Crippen molar-refractivity contribution in [2.24, 2.45) is 0 Å². The molecule has 2 rings (SSSR count). The highest BCUT2D eigenvalue weighted by molar-refractivity contribution is 5.89. The van der Waals surface area contributed by atoms with Crippen molar-refractivity contribution in [2.75, 3.05) is 25.1 Å². The van der Waals surface area contributed by atoms with Crippen LogP contribution in [0, 0.1) is 5.82 Å². The molecule has 1 fully saturated rings. The Bertz CT molecular complexity index is 445. The van der Waals surface area contributed by atoms with E-state index in [4.69, 9.17) is 0 Å². The Labute approximate surface area is 104 Å². The zero-order chi connectivity index (χ0) is 13.1. The molecule has 0 aromatic carbocycles. The lowest BCUT2D eigenvalue weighted by Crippen LogP contribution is -2.36. The Kier molecular flexibility index (Phi) is 3.76. The molecule has 18 heavy (non-hydrogen) atoms. The SMILES string of the molecule is COC(=O)c1cnc(N2CCC(O)CC2)c(F)c1. The average Bonchev–Trinajstić information content (AvgIpc) is 2.39. The molecule has 1 aromatic rings. The molecule has 1 aliphatic heterocycles. The minimum atomic E-state index is -0.609. The number of aliphatic hydroxyl groups excluding tert-OH is 1. The number of halogens is 1. The summed E-state index contributed by atoms with van der Waals surface area (Å²) in [7, 11) is 1.24. The van der Waals surface area contributed by atoms with Crippen molar-refractivity contribution < 1.29 is 19.0 Å². The second-order valence-electron chi connectivity index (χ2n) is 4.24. The van der Waals surface area contributed by atoms with Crippen molar-refractivity contribution in [3.8, 4) is 0 Å². The number of aliphatic hydroxyl groups is 1. The second kappa shape index (κ2) is 5.30. The van der Waals surface area contributed by atoms with E-state index in [1.54, 1.807) is 4.90 Å². The molecule has 0 aliphatic carbocycles. The van der Waals surface area contributed by atoms with Crippen LogP contribution in [0.1, 0.15) is 23.2 Å². The lowest BCUT2D eigenvalue weighted by molar-refractivity contribution is 0.0599. The standard InChI is InChI=1S/C12H15FN2O3/c1-18-12(17)8-6-10(13)11(14-7-8)15-4-2-9(16)3-5-15/h6-7,9,16H,2-5H2,1H3. The van der Waals surface area contributed by atoms with Gasteiger partial charge in [0.15, 0.2) is 11.6 Å². The normalized spacial score (nSPS) is 16.7. The number of hydrogen-bond donors (Lipinski definition) is 1. The summed E-state index contributed by atoms with van der Waals surface area (Å²) in [5, 5.41) is 9.39. The number of carbonyl (C=O) groups is 1. The highest BCUT2D eigenvalue weighted by Crippen LogP contribution is 2.21. The largest absolute Gasteiger partial charge is 0.465 e. The van der Waals surface area contributed by atoms with Crippen LogP contribution in [0.4, 0.5) is 10.2 Å². The first-order valence-electron chi connectivity index (χ1n) is 5.78. The topological polar surface area (TPSA) is 62.7 Å². The van der Waals surface area contributed by atoms with Crippen LogP contribution < -0.4 is 4.90 Å². The zero-order valence-corrected chi connectivity index (χ0v) is 10.1. The van der Waals surface area contributed by atoms with Crippen LogP contribution in [0.5, 0.6) is 0 Å². The molecule has 0 atom stereocenters. The Hall–Kier alpha value is -1.69. The van der Waals surface area contributed by atoms with E-state index in [9.17, 15) is 14.3 Å². The molecule has 2 heterocycles. The number of methoxy groups -OCH3 is 1. The molecule has 1 saturated heterocycles. The number of piperidine rings is 1. The van der Waals surface area contributed by atoms with Crippen molar-refractivity contribution >= 4 is 11.8 Å². The Balaban J connectivity index is 2.17. The summed E-state index contributed by atoms with van der Waals surface area (Å²) < 4.78 is 18.4. The third-order valence-corrected chi connectivity index (χ3v) is 3.01. The van der Waals surface area contributed by atoms with Gasteiger partial charge in [-0.2, -0.15) is 0 Å². The van der Waals surface area contributed by atoms with Crippen molar-refractivity contribution in [3.05, 3.63) is 23.6 Å². The predicted octanol–water partition coefficient (Wildman–Crippen LogP) is 0.968. The van der Waals surface area contributed by atoms with E-state index >= 15 is 0 Å². The predicted molar refractivity (Wildman–Crippen MR) is 63.0 cm³/mol. The van der Waals surface area contributed by atoms with Gasteiger partial charge in [0.05, 0.1) is 18.8 Å². The number of aromatic nitrogens is 1. The van der Waals surface area contributed by atoms with Crippen molar-refractivity contribution in [2.45, 2.75) is 18.9 Å². The molecule has 1 N–H and O–H groups in total. The van der Waals surface area contributed by atoms with Crippen molar-refractivity contribution in [1.29, 1.82) is 0 Å². The third kappa shape index (κ3) is 2.59. The van der Waals surface area contributed by atoms with E-state index in [1.807, 2.05) is 0 Å². The van der Waals surface area contributed by atoms with Gasteiger partial charge in [-0.3, -0.25) is 0 Å². The number of esters is 1. The number of pyridine rings is 1. The lowest BCUT2D eigenvalue weighted by atomic mass is 10.1. The smallest absolute Gasteiger partial charge is 0.339 e. The van der Waals surface area contributed by atoms with Crippen molar-refractivity contribution in [1.82, 2.24) is 4.98 Å². The van der Waals surface area contributed by atoms with Crippen molar-refractivity contribution in [3.63, 3.8) is 0 Å². The molecule has 1 aromatic heterocycles. The molecule has 0 spiro atoms. The van der Waals surface area contributed by atoms with Crippen LogP contribution in [0.25, 0.3) is 0 Å². The van der Waals surface area contributed by atoms with Gasteiger partial charge in [-0.15, -0.1) is 0 Å². The minimum Gasteiger partial charge on any atom is -0.465 e. The molecular formula is C12H15FN2O3. The van der Waals surface area contributed by atoms with Gasteiger partial charge in [-0.25, -0.2) is 14.2 Å². The summed E-state index contributed by atoms with van der Waals surface area (Å²) in [4.78, 5) is 17.0. The van der Waals surface area contributed by atoms with Gasteiger partial charge in [-0.05, 0) is 18.9 Å². The Morgan fingerprint density at radius 3 is 2.78 bits per heavy atom. The van der Waals surface area contributed by atoms with Gasteiger partial charge in [0.2, 0.25) is 0 Å². The quantitative estimate of drug-likeness (QED) is 0.797. The van der Waals surface area contributed by atoms with E-state index < -0.39 is 11.8 Å². The number of ether oxygens (including phenoxy) is 1. The van der Waals surface area contributed by atoms with E-state index in [0.717, 1.165) is 6.07 Å². The molecule has 98 valence electrons. The molecular weight excluding hydrogens is 239 g/mol. The monoisotopic (exact) mass is 254 g/mol. The first-order valence-corrected chi connectivity index (χ1v) is 5.78. The van der Waals surface area contributed by atoms with E-state index in [0.29, 0.717) is 25.9 Å². The average molecular weight is 254 g/mol. The summed E-state index contributed by atoms with van der Waals surface area (Å²) in [6.07, 6.45) is 2.17. The third-order valence-electron chi connectivity index (χ3n) is 3.01. The first-order chi connectivity index (χ1) is 8.61. The van der Waals surface area contributed by atoms with Crippen LogP contribution in [-0.2, 0) is 4.74 Å². The van der Waals surface area contributed by atoms with Crippen LogP contribution in [0.15, 0.2) is 12.3 Å². The Morgan fingerprint density at radius 2 is 2.22 bits per heavy atom. The Morgan fingerprint density at radius 1 is 1.56 bits per heavy atom. The number of hydrogen-bond acceptors (Lipinski definition) is 5. The maximum Gasteiger partial charge on any atom is 0.339 e. The number of carbonyl (C=O) groups excluding carboxylic acids is 1. The van der Waals surface area contributed by atoms with Gasteiger partial charge < -0.3 is 14.7 Å². The molecule has 0 unspecified atom stereocenters. The number of rotatable bonds is 2. The highest BCUT2D eigenvalue weighted by Gasteiger charge is 2.21. The summed E-state index contributed by atoms with van der Waals surface area (Å²) in [6, 6.07) is 1.12.